The quantitative estimate of drug-likeness (QED) is 0.447. The van der Waals surface area contributed by atoms with Crippen LogP contribution in [0.2, 0.25) is 0 Å². The summed E-state index contributed by atoms with van der Waals surface area (Å²) in [4.78, 5) is 4.07. The van der Waals surface area contributed by atoms with Crippen LogP contribution in [0.25, 0.3) is 0 Å². The highest BCUT2D eigenvalue weighted by Crippen LogP contribution is 2.20. The predicted octanol–water partition coefficient (Wildman–Crippen LogP) is 1.82. The van der Waals surface area contributed by atoms with Gasteiger partial charge in [0.15, 0.2) is 5.16 Å². The van der Waals surface area contributed by atoms with E-state index < -0.39 is 0 Å². The largest absolute Gasteiger partial charge is 0.394 e. The van der Waals surface area contributed by atoms with E-state index in [4.69, 9.17) is 0 Å². The summed E-state index contributed by atoms with van der Waals surface area (Å²) in [6.45, 7) is 5.44. The summed E-state index contributed by atoms with van der Waals surface area (Å²) in [5.41, 5.74) is -0.113. The number of nitrogens with one attached hydrogen (secondary N) is 2. The molecule has 18 heavy (non-hydrogen) atoms. The molecule has 0 aliphatic heterocycles. The standard InChI is InChI=1S/C12H24N4OS/c1-3-7-14-12(4-2,9-17)6-5-8-18-11-13-10-15-16-11/h10,14,17H,3-9H2,1-2H3,(H,13,15,16). The van der Waals surface area contributed by atoms with Crippen LogP contribution >= 0.6 is 11.8 Å². The van der Waals surface area contributed by atoms with Crippen LogP contribution in [-0.4, -0.2) is 44.7 Å². The minimum Gasteiger partial charge on any atom is -0.394 e. The molecule has 1 aromatic heterocycles. The van der Waals surface area contributed by atoms with E-state index in [1.807, 2.05) is 0 Å². The highest BCUT2D eigenvalue weighted by atomic mass is 32.2. The molecule has 104 valence electrons. The highest BCUT2D eigenvalue weighted by molar-refractivity contribution is 7.99. The molecule has 0 aliphatic rings. The third-order valence-corrected chi connectivity index (χ3v) is 4.12. The smallest absolute Gasteiger partial charge is 0.183 e. The van der Waals surface area contributed by atoms with E-state index in [0.29, 0.717) is 0 Å². The van der Waals surface area contributed by atoms with Crippen molar-refractivity contribution in [2.75, 3.05) is 18.9 Å². The molecule has 0 aliphatic carbocycles. The summed E-state index contributed by atoms with van der Waals surface area (Å²) in [5.74, 6) is 0.991. The first-order chi connectivity index (χ1) is 8.76. The molecule has 1 unspecified atom stereocenters. The number of nitrogens with zero attached hydrogens (tertiary/aromatic N) is 2. The molecule has 5 nitrogen and oxygen atoms in total. The normalized spacial score (nSPS) is 14.6. The second-order valence-electron chi connectivity index (χ2n) is 4.46. The highest BCUT2D eigenvalue weighted by Gasteiger charge is 2.25. The zero-order valence-corrected chi connectivity index (χ0v) is 12.1. The fourth-order valence-corrected chi connectivity index (χ4v) is 2.59. The molecule has 0 saturated carbocycles. The number of aliphatic hydroxyl groups excluding tert-OH is 1. The summed E-state index contributed by atoms with van der Waals surface area (Å²) >= 11 is 1.67. The fourth-order valence-electron chi connectivity index (χ4n) is 1.87. The van der Waals surface area contributed by atoms with Gasteiger partial charge in [-0.05, 0) is 32.2 Å². The zero-order chi connectivity index (χ0) is 13.3. The summed E-state index contributed by atoms with van der Waals surface area (Å²) in [6, 6.07) is 0. The molecule has 0 bridgehead atoms. The SMILES string of the molecule is CCCNC(CC)(CO)CCCSc1ncn[nH]1. The molecule has 6 heteroatoms. The molecule has 3 N–H and O–H groups in total. The fraction of sp³-hybridized carbons (Fsp3) is 0.833. The molecule has 1 aromatic rings. The first-order valence-corrected chi connectivity index (χ1v) is 7.59. The lowest BCUT2D eigenvalue weighted by Gasteiger charge is -2.32. The number of aromatic amines is 1. The number of aromatic nitrogens is 3. The lowest BCUT2D eigenvalue weighted by Crippen LogP contribution is -2.48. The topological polar surface area (TPSA) is 73.8 Å². The molecule has 0 radical (unpaired) electrons. The van der Waals surface area contributed by atoms with Gasteiger partial charge in [0.2, 0.25) is 0 Å². The van der Waals surface area contributed by atoms with Crippen LogP contribution in [0.4, 0.5) is 0 Å². The maximum atomic E-state index is 9.59. The maximum absolute atomic E-state index is 9.59. The van der Waals surface area contributed by atoms with Gasteiger partial charge in [0.1, 0.15) is 6.33 Å². The van der Waals surface area contributed by atoms with E-state index in [9.17, 15) is 5.11 Å². The maximum Gasteiger partial charge on any atom is 0.183 e. The van der Waals surface area contributed by atoms with Gasteiger partial charge in [-0.15, -0.1) is 0 Å². The first kappa shape index (κ1) is 15.5. The van der Waals surface area contributed by atoms with Gasteiger partial charge in [-0.1, -0.05) is 25.6 Å². The molecule has 0 fully saturated rings. The third-order valence-electron chi connectivity index (χ3n) is 3.16. The van der Waals surface area contributed by atoms with Crippen LogP contribution in [0.3, 0.4) is 0 Å². The van der Waals surface area contributed by atoms with Crippen molar-refractivity contribution >= 4 is 11.8 Å². The van der Waals surface area contributed by atoms with Gasteiger partial charge in [-0.3, -0.25) is 5.10 Å². The van der Waals surface area contributed by atoms with Crippen LogP contribution < -0.4 is 5.32 Å². The van der Waals surface area contributed by atoms with Gasteiger partial charge < -0.3 is 10.4 Å². The molecule has 0 spiro atoms. The van der Waals surface area contributed by atoms with Gasteiger partial charge in [-0.25, -0.2) is 4.98 Å². The molecular formula is C12H24N4OS. The van der Waals surface area contributed by atoms with Gasteiger partial charge in [0.25, 0.3) is 0 Å². The van der Waals surface area contributed by atoms with Crippen LogP contribution in [0, 0.1) is 0 Å². The van der Waals surface area contributed by atoms with Crippen molar-refractivity contribution in [3.05, 3.63) is 6.33 Å². The van der Waals surface area contributed by atoms with E-state index >= 15 is 0 Å². The molecule has 0 saturated heterocycles. The number of aliphatic hydroxyl groups is 1. The Kier molecular flexibility index (Phi) is 7.31. The summed E-state index contributed by atoms with van der Waals surface area (Å²) in [5, 5.41) is 20.6. The van der Waals surface area contributed by atoms with E-state index in [1.54, 1.807) is 11.8 Å². The number of H-pyrrole nitrogens is 1. The number of thioether (sulfide) groups is 1. The Morgan fingerprint density at radius 2 is 2.33 bits per heavy atom. The lowest BCUT2D eigenvalue weighted by atomic mass is 9.91. The van der Waals surface area contributed by atoms with E-state index in [-0.39, 0.29) is 12.1 Å². The van der Waals surface area contributed by atoms with Gasteiger partial charge >= 0.3 is 0 Å². The average Bonchev–Trinajstić information content (AvgIpc) is 2.92. The van der Waals surface area contributed by atoms with Crippen molar-refractivity contribution in [3.8, 4) is 0 Å². The summed E-state index contributed by atoms with van der Waals surface area (Å²) < 4.78 is 0. The predicted molar refractivity (Wildman–Crippen MR) is 74.7 cm³/mol. The third kappa shape index (κ3) is 4.96. The lowest BCUT2D eigenvalue weighted by molar-refractivity contribution is 0.146. The minimum atomic E-state index is -0.113. The Bertz CT molecular complexity index is 301. The van der Waals surface area contributed by atoms with Crippen molar-refractivity contribution < 1.29 is 5.11 Å². The van der Waals surface area contributed by atoms with Gasteiger partial charge in [-0.2, -0.15) is 5.10 Å². The Morgan fingerprint density at radius 1 is 1.50 bits per heavy atom. The van der Waals surface area contributed by atoms with Crippen molar-refractivity contribution in [1.82, 2.24) is 20.5 Å². The Hall–Kier alpha value is -0.590. The molecule has 1 rings (SSSR count). The van der Waals surface area contributed by atoms with Crippen LogP contribution in [0.1, 0.15) is 39.5 Å². The van der Waals surface area contributed by atoms with Crippen molar-refractivity contribution in [2.45, 2.75) is 50.2 Å². The van der Waals surface area contributed by atoms with Crippen molar-refractivity contribution in [1.29, 1.82) is 0 Å². The molecule has 0 aromatic carbocycles. The van der Waals surface area contributed by atoms with Crippen LogP contribution in [0.5, 0.6) is 0 Å². The molecular weight excluding hydrogens is 248 g/mol. The zero-order valence-electron chi connectivity index (χ0n) is 11.3. The number of hydrogen-bond acceptors (Lipinski definition) is 5. The van der Waals surface area contributed by atoms with Crippen molar-refractivity contribution in [2.24, 2.45) is 0 Å². The monoisotopic (exact) mass is 272 g/mol. The van der Waals surface area contributed by atoms with Gasteiger partial charge in [0, 0.05) is 11.3 Å². The Morgan fingerprint density at radius 3 is 2.89 bits per heavy atom. The molecule has 1 heterocycles. The van der Waals surface area contributed by atoms with Crippen LogP contribution in [-0.2, 0) is 0 Å². The average molecular weight is 272 g/mol. The summed E-state index contributed by atoms with van der Waals surface area (Å²) in [7, 11) is 0. The second-order valence-corrected chi connectivity index (χ2v) is 5.55. The van der Waals surface area contributed by atoms with Crippen LogP contribution in [0.15, 0.2) is 11.5 Å². The number of rotatable bonds is 10. The number of hydrogen-bond donors (Lipinski definition) is 3. The Balaban J connectivity index is 2.28. The minimum absolute atomic E-state index is 0.113. The Labute approximate surface area is 113 Å². The summed E-state index contributed by atoms with van der Waals surface area (Å²) in [6.07, 6.45) is 5.61. The van der Waals surface area contributed by atoms with Gasteiger partial charge in [0.05, 0.1) is 6.61 Å². The molecule has 1 atom stereocenters. The van der Waals surface area contributed by atoms with E-state index in [0.717, 1.165) is 43.1 Å². The van der Waals surface area contributed by atoms with E-state index in [2.05, 4.69) is 34.3 Å². The second kappa shape index (κ2) is 8.50. The first-order valence-electron chi connectivity index (χ1n) is 6.60. The van der Waals surface area contributed by atoms with E-state index in [1.165, 1.54) is 6.33 Å². The van der Waals surface area contributed by atoms with Crippen molar-refractivity contribution in [3.63, 3.8) is 0 Å². The molecule has 0 amide bonds.